The van der Waals surface area contributed by atoms with Gasteiger partial charge >= 0.3 is 5.97 Å². The van der Waals surface area contributed by atoms with E-state index >= 15 is 0 Å². The summed E-state index contributed by atoms with van der Waals surface area (Å²) in [5.74, 6) is -1.26. The number of rotatable bonds is 5. The number of amides is 1. The molecular weight excluding hydrogens is 321 g/mol. The summed E-state index contributed by atoms with van der Waals surface area (Å²) in [4.78, 5) is 24.2. The molecule has 2 aromatic carbocycles. The minimum absolute atomic E-state index is 0.311. The number of benzene rings is 2. The third-order valence-corrected chi connectivity index (χ3v) is 3.96. The van der Waals surface area contributed by atoms with Crippen LogP contribution >= 0.6 is 0 Å². The molecule has 2 aromatic rings. The Morgan fingerprint density at radius 3 is 2.20 bits per heavy atom. The Hall–Kier alpha value is -2.69. The fourth-order valence-electron chi connectivity index (χ4n) is 2.82. The van der Waals surface area contributed by atoms with Crippen molar-refractivity contribution in [1.29, 1.82) is 0 Å². The van der Waals surface area contributed by atoms with Gasteiger partial charge in [0, 0.05) is 0 Å². The van der Waals surface area contributed by atoms with E-state index in [0.29, 0.717) is 5.56 Å². The second kappa shape index (κ2) is 7.92. The Labute approximate surface area is 147 Å². The molecule has 5 heteroatoms. The molecule has 0 saturated heterocycles. The zero-order chi connectivity index (χ0) is 18.6. The van der Waals surface area contributed by atoms with Gasteiger partial charge in [-0.3, -0.25) is 4.79 Å². The first kappa shape index (κ1) is 18.6. The van der Waals surface area contributed by atoms with Crippen molar-refractivity contribution in [2.75, 3.05) is 6.61 Å². The lowest BCUT2D eigenvalue weighted by Crippen LogP contribution is -2.31. The lowest BCUT2D eigenvalue weighted by molar-refractivity contribution is -0.124. The summed E-state index contributed by atoms with van der Waals surface area (Å²) >= 11 is 0. The molecule has 1 N–H and O–H groups in total. The highest BCUT2D eigenvalue weighted by Crippen LogP contribution is 2.17. The van der Waals surface area contributed by atoms with Crippen molar-refractivity contribution >= 4 is 11.9 Å². The number of nitrogens with one attached hydrogen (secondary N) is 1. The average molecular weight is 343 g/mol. The molecule has 0 aliphatic rings. The molecular formula is C20H22FNO3. The first-order chi connectivity index (χ1) is 11.8. The molecule has 0 fully saturated rings. The number of halogens is 1. The lowest BCUT2D eigenvalue weighted by Gasteiger charge is -2.15. The Morgan fingerprint density at radius 1 is 1.08 bits per heavy atom. The van der Waals surface area contributed by atoms with Crippen molar-refractivity contribution in [3.8, 4) is 0 Å². The first-order valence-corrected chi connectivity index (χ1v) is 8.07. The third-order valence-electron chi connectivity index (χ3n) is 3.96. The quantitative estimate of drug-likeness (QED) is 0.841. The second-order valence-electron chi connectivity index (χ2n) is 6.19. The topological polar surface area (TPSA) is 55.4 Å². The number of carbonyl (C=O) groups excluding carboxylic acids is 2. The summed E-state index contributed by atoms with van der Waals surface area (Å²) < 4.78 is 18.1. The van der Waals surface area contributed by atoms with Crippen LogP contribution < -0.4 is 5.32 Å². The average Bonchev–Trinajstić information content (AvgIpc) is 2.52. The van der Waals surface area contributed by atoms with Crippen LogP contribution in [0, 0.1) is 26.6 Å². The van der Waals surface area contributed by atoms with Crippen LogP contribution in [0.1, 0.15) is 45.6 Å². The smallest absolute Gasteiger partial charge is 0.339 e. The highest BCUT2D eigenvalue weighted by Gasteiger charge is 2.17. The van der Waals surface area contributed by atoms with Gasteiger partial charge in [-0.05, 0) is 56.5 Å². The highest BCUT2D eigenvalue weighted by atomic mass is 19.1. The number of hydrogen-bond acceptors (Lipinski definition) is 3. The molecule has 0 unspecified atom stereocenters. The lowest BCUT2D eigenvalue weighted by atomic mass is 10.00. The van der Waals surface area contributed by atoms with Crippen LogP contribution in [0.3, 0.4) is 0 Å². The number of esters is 1. The van der Waals surface area contributed by atoms with Gasteiger partial charge in [-0.1, -0.05) is 29.8 Å². The van der Waals surface area contributed by atoms with E-state index in [1.165, 1.54) is 12.1 Å². The minimum Gasteiger partial charge on any atom is -0.452 e. The van der Waals surface area contributed by atoms with E-state index in [4.69, 9.17) is 4.74 Å². The molecule has 0 saturated carbocycles. The van der Waals surface area contributed by atoms with Crippen molar-refractivity contribution in [2.24, 2.45) is 0 Å². The predicted octanol–water partition coefficient (Wildman–Crippen LogP) is 3.79. The van der Waals surface area contributed by atoms with Crippen LogP contribution in [-0.4, -0.2) is 18.5 Å². The second-order valence-corrected chi connectivity index (χ2v) is 6.19. The minimum atomic E-state index is -0.514. The molecule has 0 heterocycles. The van der Waals surface area contributed by atoms with Gasteiger partial charge in [0.25, 0.3) is 5.91 Å². The SMILES string of the molecule is Cc1cc(C)c(C(=O)OCC(=O)N[C@@H](C)c2ccc(F)cc2)c(C)c1. The van der Waals surface area contributed by atoms with Gasteiger partial charge in [0.2, 0.25) is 0 Å². The first-order valence-electron chi connectivity index (χ1n) is 8.07. The summed E-state index contributed by atoms with van der Waals surface area (Å²) in [6.07, 6.45) is 0. The van der Waals surface area contributed by atoms with Gasteiger partial charge < -0.3 is 10.1 Å². The Balaban J connectivity index is 1.93. The molecule has 2 rings (SSSR count). The summed E-state index contributed by atoms with van der Waals surface area (Å²) in [6, 6.07) is 9.37. The molecule has 132 valence electrons. The molecule has 4 nitrogen and oxygen atoms in total. The van der Waals surface area contributed by atoms with Crippen molar-refractivity contribution in [3.63, 3.8) is 0 Å². The van der Waals surface area contributed by atoms with Gasteiger partial charge in [0.1, 0.15) is 5.82 Å². The van der Waals surface area contributed by atoms with E-state index in [-0.39, 0.29) is 18.5 Å². The van der Waals surface area contributed by atoms with Crippen LogP contribution in [0.2, 0.25) is 0 Å². The van der Waals surface area contributed by atoms with Gasteiger partial charge in [0.15, 0.2) is 6.61 Å². The van der Waals surface area contributed by atoms with E-state index < -0.39 is 11.9 Å². The monoisotopic (exact) mass is 343 g/mol. The maximum absolute atomic E-state index is 12.9. The third kappa shape index (κ3) is 4.89. The molecule has 0 radical (unpaired) electrons. The molecule has 0 aliphatic heterocycles. The Morgan fingerprint density at radius 2 is 1.64 bits per heavy atom. The van der Waals surface area contributed by atoms with Crippen molar-refractivity contribution in [1.82, 2.24) is 5.32 Å². The summed E-state index contributed by atoms with van der Waals surface area (Å²) in [5, 5.41) is 2.72. The molecule has 25 heavy (non-hydrogen) atoms. The standard InChI is InChI=1S/C20H22FNO3/c1-12-9-13(2)19(14(3)10-12)20(24)25-11-18(23)22-15(4)16-5-7-17(21)8-6-16/h5-10,15H,11H2,1-4H3,(H,22,23)/t15-/m0/s1. The van der Waals surface area contributed by atoms with Crippen molar-refractivity contribution < 1.29 is 18.7 Å². The predicted molar refractivity (Wildman–Crippen MR) is 93.9 cm³/mol. The zero-order valence-corrected chi connectivity index (χ0v) is 14.9. The van der Waals surface area contributed by atoms with Crippen molar-refractivity contribution in [2.45, 2.75) is 33.7 Å². The Bertz CT molecular complexity index is 761. The van der Waals surface area contributed by atoms with E-state index in [1.807, 2.05) is 32.9 Å². The van der Waals surface area contributed by atoms with Gasteiger partial charge in [-0.15, -0.1) is 0 Å². The van der Waals surface area contributed by atoms with Crippen LogP contribution in [0.5, 0.6) is 0 Å². The largest absolute Gasteiger partial charge is 0.452 e. The van der Waals surface area contributed by atoms with E-state index in [1.54, 1.807) is 19.1 Å². The molecule has 0 spiro atoms. The van der Waals surface area contributed by atoms with Crippen LogP contribution in [-0.2, 0) is 9.53 Å². The van der Waals surface area contributed by atoms with Crippen LogP contribution in [0.4, 0.5) is 4.39 Å². The summed E-state index contributed by atoms with van der Waals surface area (Å²) in [6.45, 7) is 7.05. The van der Waals surface area contributed by atoms with Gasteiger partial charge in [-0.25, -0.2) is 9.18 Å². The zero-order valence-electron chi connectivity index (χ0n) is 14.9. The van der Waals surface area contributed by atoms with Crippen LogP contribution in [0.15, 0.2) is 36.4 Å². The van der Waals surface area contributed by atoms with Crippen LogP contribution in [0.25, 0.3) is 0 Å². The number of carbonyl (C=O) groups is 2. The van der Waals surface area contributed by atoms with Gasteiger partial charge in [-0.2, -0.15) is 0 Å². The Kier molecular flexibility index (Phi) is 5.91. The summed E-state index contributed by atoms with van der Waals surface area (Å²) in [7, 11) is 0. The maximum atomic E-state index is 12.9. The fraction of sp³-hybridized carbons (Fsp3) is 0.300. The van der Waals surface area contributed by atoms with Crippen molar-refractivity contribution in [3.05, 3.63) is 70.0 Å². The normalized spacial score (nSPS) is 11.7. The number of ether oxygens (including phenoxy) is 1. The maximum Gasteiger partial charge on any atom is 0.339 e. The molecule has 1 amide bonds. The van der Waals surface area contributed by atoms with E-state index in [9.17, 15) is 14.0 Å². The number of hydrogen-bond donors (Lipinski definition) is 1. The fourth-order valence-corrected chi connectivity index (χ4v) is 2.82. The summed E-state index contributed by atoms with van der Waals surface area (Å²) in [5.41, 5.74) is 3.97. The number of aryl methyl sites for hydroxylation is 3. The molecule has 1 atom stereocenters. The highest BCUT2D eigenvalue weighted by molar-refractivity contribution is 5.94. The van der Waals surface area contributed by atoms with E-state index in [2.05, 4.69) is 5.32 Å². The van der Waals surface area contributed by atoms with E-state index in [0.717, 1.165) is 22.3 Å². The molecule has 0 bridgehead atoms. The van der Waals surface area contributed by atoms with Gasteiger partial charge in [0.05, 0.1) is 11.6 Å². The molecule has 0 aliphatic carbocycles. The molecule has 0 aromatic heterocycles.